The Morgan fingerprint density at radius 1 is 1.00 bits per heavy atom. The normalized spacial score (nSPS) is 12.1. The zero-order chi connectivity index (χ0) is 14.8. The maximum absolute atomic E-state index is 3.59. The second-order valence-corrected chi connectivity index (χ2v) is 6.13. The van der Waals surface area contributed by atoms with Crippen molar-refractivity contribution in [2.75, 3.05) is 32.7 Å². The SMILES string of the molecule is CCN(CC)CCCNCCC(C)(C)c1ccccc1. The largest absolute Gasteiger partial charge is 0.317 e. The van der Waals surface area contributed by atoms with Crippen LogP contribution in [0.2, 0.25) is 0 Å². The number of rotatable bonds is 10. The summed E-state index contributed by atoms with van der Waals surface area (Å²) in [6.45, 7) is 14.9. The summed E-state index contributed by atoms with van der Waals surface area (Å²) in [6.07, 6.45) is 2.43. The fraction of sp³-hybridized carbons (Fsp3) is 0.667. The van der Waals surface area contributed by atoms with Crippen molar-refractivity contribution < 1.29 is 0 Å². The predicted octanol–water partition coefficient (Wildman–Crippen LogP) is 3.68. The van der Waals surface area contributed by atoms with Gasteiger partial charge in [0, 0.05) is 0 Å². The van der Waals surface area contributed by atoms with E-state index in [1.54, 1.807) is 0 Å². The van der Waals surface area contributed by atoms with E-state index in [0.29, 0.717) is 0 Å². The van der Waals surface area contributed by atoms with Crippen molar-refractivity contribution in [3.05, 3.63) is 35.9 Å². The van der Waals surface area contributed by atoms with Crippen LogP contribution >= 0.6 is 0 Å². The quantitative estimate of drug-likeness (QED) is 0.656. The third-order valence-corrected chi connectivity index (χ3v) is 4.20. The summed E-state index contributed by atoms with van der Waals surface area (Å²) in [7, 11) is 0. The number of nitrogens with one attached hydrogen (secondary N) is 1. The lowest BCUT2D eigenvalue weighted by molar-refractivity contribution is 0.297. The standard InChI is InChI=1S/C18H32N2/c1-5-20(6-2)16-10-14-19-15-13-18(3,4)17-11-8-7-9-12-17/h7-9,11-12,19H,5-6,10,13-16H2,1-4H3. The number of benzene rings is 1. The summed E-state index contributed by atoms with van der Waals surface area (Å²) in [5, 5.41) is 3.59. The van der Waals surface area contributed by atoms with Gasteiger partial charge in [0.25, 0.3) is 0 Å². The molecule has 1 N–H and O–H groups in total. The van der Waals surface area contributed by atoms with Crippen LogP contribution in [0.15, 0.2) is 30.3 Å². The van der Waals surface area contributed by atoms with Crippen LogP contribution in [-0.2, 0) is 5.41 Å². The smallest absolute Gasteiger partial charge is 0.000687 e. The Labute approximate surface area is 125 Å². The topological polar surface area (TPSA) is 15.3 Å². The molecule has 0 aliphatic heterocycles. The summed E-state index contributed by atoms with van der Waals surface area (Å²) in [5.41, 5.74) is 1.69. The molecule has 0 fully saturated rings. The van der Waals surface area contributed by atoms with Gasteiger partial charge in [-0.3, -0.25) is 0 Å². The molecule has 114 valence electrons. The first-order chi connectivity index (χ1) is 9.60. The molecule has 0 spiro atoms. The van der Waals surface area contributed by atoms with E-state index in [-0.39, 0.29) is 5.41 Å². The second-order valence-electron chi connectivity index (χ2n) is 6.13. The lowest BCUT2D eigenvalue weighted by atomic mass is 9.81. The van der Waals surface area contributed by atoms with Crippen LogP contribution in [0.5, 0.6) is 0 Å². The number of hydrogen-bond donors (Lipinski definition) is 1. The molecule has 0 aliphatic carbocycles. The molecule has 2 heteroatoms. The zero-order valence-electron chi connectivity index (χ0n) is 13.8. The summed E-state index contributed by atoms with van der Waals surface area (Å²) in [6, 6.07) is 10.8. The van der Waals surface area contributed by atoms with Crippen molar-refractivity contribution in [1.29, 1.82) is 0 Å². The van der Waals surface area contributed by atoms with Gasteiger partial charge in [-0.15, -0.1) is 0 Å². The van der Waals surface area contributed by atoms with E-state index in [2.05, 4.69) is 68.2 Å². The number of hydrogen-bond acceptors (Lipinski definition) is 2. The van der Waals surface area contributed by atoms with Gasteiger partial charge in [0.15, 0.2) is 0 Å². The summed E-state index contributed by atoms with van der Waals surface area (Å²) in [4.78, 5) is 2.48. The van der Waals surface area contributed by atoms with E-state index in [4.69, 9.17) is 0 Å². The molecule has 0 radical (unpaired) electrons. The molecule has 0 saturated carbocycles. The molecule has 0 aliphatic rings. The van der Waals surface area contributed by atoms with Crippen LogP contribution in [0.4, 0.5) is 0 Å². The van der Waals surface area contributed by atoms with Gasteiger partial charge in [-0.2, -0.15) is 0 Å². The average molecular weight is 276 g/mol. The van der Waals surface area contributed by atoms with Gasteiger partial charge in [-0.1, -0.05) is 58.0 Å². The van der Waals surface area contributed by atoms with E-state index in [1.807, 2.05) is 0 Å². The molecule has 1 aromatic carbocycles. The number of nitrogens with zero attached hydrogens (tertiary/aromatic N) is 1. The molecule has 0 bridgehead atoms. The monoisotopic (exact) mass is 276 g/mol. The van der Waals surface area contributed by atoms with Crippen molar-refractivity contribution in [3.63, 3.8) is 0 Å². The van der Waals surface area contributed by atoms with Crippen molar-refractivity contribution in [2.45, 2.75) is 46.0 Å². The van der Waals surface area contributed by atoms with Gasteiger partial charge in [-0.05, 0) is 56.5 Å². The predicted molar refractivity (Wildman–Crippen MR) is 89.4 cm³/mol. The van der Waals surface area contributed by atoms with Crippen LogP contribution in [0, 0.1) is 0 Å². The van der Waals surface area contributed by atoms with Gasteiger partial charge in [0.05, 0.1) is 0 Å². The van der Waals surface area contributed by atoms with Gasteiger partial charge >= 0.3 is 0 Å². The molecule has 0 saturated heterocycles. The molecule has 0 heterocycles. The fourth-order valence-electron chi connectivity index (χ4n) is 2.53. The highest BCUT2D eigenvalue weighted by molar-refractivity contribution is 5.23. The van der Waals surface area contributed by atoms with Crippen molar-refractivity contribution >= 4 is 0 Å². The maximum Gasteiger partial charge on any atom is -0.000687 e. The van der Waals surface area contributed by atoms with Crippen molar-refractivity contribution in [3.8, 4) is 0 Å². The first kappa shape index (κ1) is 17.2. The minimum absolute atomic E-state index is 0.257. The van der Waals surface area contributed by atoms with E-state index >= 15 is 0 Å². The van der Waals surface area contributed by atoms with E-state index in [1.165, 1.54) is 24.9 Å². The third-order valence-electron chi connectivity index (χ3n) is 4.20. The average Bonchev–Trinajstić information content (AvgIpc) is 2.47. The first-order valence-electron chi connectivity index (χ1n) is 8.08. The Bertz CT molecular complexity index is 342. The Morgan fingerprint density at radius 3 is 2.25 bits per heavy atom. The molecular weight excluding hydrogens is 244 g/mol. The third kappa shape index (κ3) is 6.06. The molecule has 2 nitrogen and oxygen atoms in total. The lowest BCUT2D eigenvalue weighted by Crippen LogP contribution is -2.29. The molecule has 20 heavy (non-hydrogen) atoms. The van der Waals surface area contributed by atoms with Crippen molar-refractivity contribution in [1.82, 2.24) is 10.2 Å². The summed E-state index contributed by atoms with van der Waals surface area (Å²) in [5.74, 6) is 0. The van der Waals surface area contributed by atoms with Crippen LogP contribution in [-0.4, -0.2) is 37.6 Å². The second kappa shape index (κ2) is 9.15. The summed E-state index contributed by atoms with van der Waals surface area (Å²) >= 11 is 0. The van der Waals surface area contributed by atoms with Gasteiger partial charge in [0.2, 0.25) is 0 Å². The minimum Gasteiger partial charge on any atom is -0.317 e. The van der Waals surface area contributed by atoms with E-state index < -0.39 is 0 Å². The Hall–Kier alpha value is -0.860. The van der Waals surface area contributed by atoms with Gasteiger partial charge < -0.3 is 10.2 Å². The van der Waals surface area contributed by atoms with Crippen LogP contribution in [0.25, 0.3) is 0 Å². The molecule has 1 aromatic rings. The Morgan fingerprint density at radius 2 is 1.65 bits per heavy atom. The highest BCUT2D eigenvalue weighted by atomic mass is 15.1. The molecule has 1 rings (SSSR count). The minimum atomic E-state index is 0.257. The molecule has 0 amide bonds. The first-order valence-corrected chi connectivity index (χ1v) is 8.08. The molecular formula is C18H32N2. The van der Waals surface area contributed by atoms with Gasteiger partial charge in [-0.25, -0.2) is 0 Å². The summed E-state index contributed by atoms with van der Waals surface area (Å²) < 4.78 is 0. The fourth-order valence-corrected chi connectivity index (χ4v) is 2.53. The van der Waals surface area contributed by atoms with Crippen LogP contribution in [0.1, 0.15) is 46.1 Å². The molecule has 0 atom stereocenters. The van der Waals surface area contributed by atoms with Gasteiger partial charge in [0.1, 0.15) is 0 Å². The Balaban J connectivity index is 2.18. The highest BCUT2D eigenvalue weighted by Gasteiger charge is 2.19. The molecule has 0 unspecified atom stereocenters. The lowest BCUT2D eigenvalue weighted by Gasteiger charge is -2.25. The van der Waals surface area contributed by atoms with Crippen molar-refractivity contribution in [2.24, 2.45) is 0 Å². The maximum atomic E-state index is 3.59. The van der Waals surface area contributed by atoms with Crippen LogP contribution < -0.4 is 5.32 Å². The molecule has 0 aromatic heterocycles. The van der Waals surface area contributed by atoms with E-state index in [0.717, 1.165) is 26.2 Å². The van der Waals surface area contributed by atoms with E-state index in [9.17, 15) is 0 Å². The van der Waals surface area contributed by atoms with Crippen LogP contribution in [0.3, 0.4) is 0 Å². The Kier molecular flexibility index (Phi) is 7.86. The zero-order valence-corrected chi connectivity index (χ0v) is 13.8. The highest BCUT2D eigenvalue weighted by Crippen LogP contribution is 2.25.